The number of anilines is 3. The molecule has 0 unspecified atom stereocenters. The smallest absolute Gasteiger partial charge is 0.266 e. The van der Waals surface area contributed by atoms with E-state index in [4.69, 9.17) is 32.7 Å². The second-order valence-electron chi connectivity index (χ2n) is 9.94. The highest BCUT2D eigenvalue weighted by atomic mass is 35.5. The van der Waals surface area contributed by atoms with Crippen LogP contribution in [-0.2, 0) is 4.74 Å². The molecule has 210 valence electrons. The number of halogens is 2. The van der Waals surface area contributed by atoms with Crippen molar-refractivity contribution in [2.24, 2.45) is 0 Å². The van der Waals surface area contributed by atoms with Gasteiger partial charge in [0.25, 0.3) is 5.56 Å². The molecule has 0 bridgehead atoms. The number of rotatable bonds is 7. The molecule has 0 aliphatic carbocycles. The van der Waals surface area contributed by atoms with Crippen LogP contribution >= 0.6 is 23.2 Å². The highest BCUT2D eigenvalue weighted by Gasteiger charge is 2.35. The first-order valence-corrected chi connectivity index (χ1v) is 14.0. The molecule has 41 heavy (non-hydrogen) atoms. The van der Waals surface area contributed by atoms with Crippen LogP contribution in [0, 0.1) is 11.8 Å². The monoisotopic (exact) mass is 590 g/mol. The van der Waals surface area contributed by atoms with Gasteiger partial charge in [0, 0.05) is 50.4 Å². The summed E-state index contributed by atoms with van der Waals surface area (Å²) in [6.07, 6.45) is 4.37. The normalized spacial score (nSPS) is 15.2. The van der Waals surface area contributed by atoms with Gasteiger partial charge in [-0.1, -0.05) is 41.1 Å². The van der Waals surface area contributed by atoms with E-state index in [0.29, 0.717) is 38.8 Å². The molecule has 6 rings (SSSR count). The summed E-state index contributed by atoms with van der Waals surface area (Å²) in [6.45, 7) is 4.62. The molecule has 2 aromatic carbocycles. The molecule has 2 aliphatic rings. The highest BCUT2D eigenvalue weighted by molar-refractivity contribution is 6.37. The summed E-state index contributed by atoms with van der Waals surface area (Å²) >= 11 is 12.8. The van der Waals surface area contributed by atoms with Crippen LogP contribution in [0.1, 0.15) is 12.0 Å². The zero-order chi connectivity index (χ0) is 28.5. The third-order valence-electron chi connectivity index (χ3n) is 7.42. The van der Waals surface area contributed by atoms with Crippen molar-refractivity contribution < 1.29 is 9.47 Å². The fraction of sp³-hybridized carbons (Fsp3) is 0.300. The van der Waals surface area contributed by atoms with Crippen molar-refractivity contribution in [3.63, 3.8) is 0 Å². The van der Waals surface area contributed by atoms with Crippen molar-refractivity contribution in [1.82, 2.24) is 19.4 Å². The summed E-state index contributed by atoms with van der Waals surface area (Å²) in [7, 11) is 3.23. The average molecular weight is 591 g/mol. The lowest BCUT2D eigenvalue weighted by Crippen LogP contribution is -2.62. The van der Waals surface area contributed by atoms with E-state index < -0.39 is 0 Å². The minimum atomic E-state index is -0.365. The van der Waals surface area contributed by atoms with Crippen LogP contribution in [0.5, 0.6) is 5.75 Å². The van der Waals surface area contributed by atoms with Gasteiger partial charge in [-0.05, 0) is 43.8 Å². The van der Waals surface area contributed by atoms with Crippen molar-refractivity contribution in [3.8, 4) is 23.3 Å². The van der Waals surface area contributed by atoms with E-state index in [1.807, 2.05) is 18.2 Å². The van der Waals surface area contributed by atoms with E-state index in [1.54, 1.807) is 38.6 Å². The average Bonchev–Trinajstić information content (AvgIpc) is 2.91. The molecular weight excluding hydrogens is 563 g/mol. The van der Waals surface area contributed by atoms with Gasteiger partial charge in [-0.2, -0.15) is 0 Å². The first-order chi connectivity index (χ1) is 20.0. The molecule has 9 nitrogen and oxygen atoms in total. The SMILES string of the molecule is COCC#Cc1cn(-c2c(Cl)cccc2Cl)c(=O)c2cnc(Nc3ccc(N4CC(N5CCC5)C4)c(OC)c3)nc12. The predicted octanol–water partition coefficient (Wildman–Crippen LogP) is 4.73. The number of fused-ring (bicyclic) bond motifs is 1. The van der Waals surface area contributed by atoms with E-state index in [0.717, 1.165) is 30.2 Å². The Morgan fingerprint density at radius 2 is 1.90 bits per heavy atom. The van der Waals surface area contributed by atoms with Crippen molar-refractivity contribution in [3.05, 3.63) is 74.8 Å². The molecule has 2 saturated heterocycles. The molecule has 0 saturated carbocycles. The largest absolute Gasteiger partial charge is 0.495 e. The lowest BCUT2D eigenvalue weighted by Gasteiger charge is -2.50. The number of likely N-dealkylation sites (tertiary alicyclic amines) is 1. The zero-order valence-corrected chi connectivity index (χ0v) is 24.2. The topological polar surface area (TPSA) is 84.8 Å². The van der Waals surface area contributed by atoms with Gasteiger partial charge < -0.3 is 19.7 Å². The van der Waals surface area contributed by atoms with E-state index in [2.05, 4.69) is 36.9 Å². The molecular formula is C30H28Cl2N6O3. The molecule has 0 amide bonds. The number of methoxy groups -OCH3 is 2. The van der Waals surface area contributed by atoms with E-state index in [9.17, 15) is 4.79 Å². The first-order valence-electron chi connectivity index (χ1n) is 13.3. The lowest BCUT2D eigenvalue weighted by atomic mass is 10.0. The van der Waals surface area contributed by atoms with Gasteiger partial charge in [0.15, 0.2) is 0 Å². The standard InChI is InChI=1S/C30H28Cl2N6O3/c1-40-13-4-6-19-16-38(28-23(31)7-3-8-24(28)32)29(39)22-15-33-30(35-27(19)22)34-20-9-10-25(26(14-20)41-2)37-17-21(18-37)36-11-5-12-36/h3,7-10,14-16,21H,5,11-13,17-18H2,1-2H3,(H,33,34,35). The van der Waals surface area contributed by atoms with Crippen molar-refractivity contribution in [2.45, 2.75) is 12.5 Å². The molecule has 4 aromatic rings. The van der Waals surface area contributed by atoms with Crippen LogP contribution in [0.3, 0.4) is 0 Å². The van der Waals surface area contributed by atoms with Crippen molar-refractivity contribution >= 4 is 51.4 Å². The van der Waals surface area contributed by atoms with Gasteiger partial charge in [0.2, 0.25) is 5.95 Å². The summed E-state index contributed by atoms with van der Waals surface area (Å²) in [4.78, 5) is 27.5. The molecule has 2 aliphatic heterocycles. The van der Waals surface area contributed by atoms with Gasteiger partial charge >= 0.3 is 0 Å². The molecule has 11 heteroatoms. The molecule has 2 aromatic heterocycles. The van der Waals surface area contributed by atoms with Crippen LogP contribution in [0.15, 0.2) is 53.6 Å². The fourth-order valence-corrected chi connectivity index (χ4v) is 5.68. The number of nitrogens with zero attached hydrogens (tertiary/aromatic N) is 5. The Labute approximate surface area is 247 Å². The maximum absolute atomic E-state index is 13.5. The third-order valence-corrected chi connectivity index (χ3v) is 8.03. The van der Waals surface area contributed by atoms with Gasteiger partial charge in [-0.3, -0.25) is 14.3 Å². The summed E-state index contributed by atoms with van der Waals surface area (Å²) in [5, 5.41) is 4.19. The molecule has 0 spiro atoms. The van der Waals surface area contributed by atoms with Crippen LogP contribution in [0.25, 0.3) is 16.6 Å². The van der Waals surface area contributed by atoms with Gasteiger partial charge in [0.05, 0.1) is 45.0 Å². The third kappa shape index (κ3) is 5.32. The quantitative estimate of drug-likeness (QED) is 0.309. The van der Waals surface area contributed by atoms with Crippen molar-refractivity contribution in [1.29, 1.82) is 0 Å². The van der Waals surface area contributed by atoms with Crippen LogP contribution in [0.2, 0.25) is 10.0 Å². The number of hydrogen-bond acceptors (Lipinski definition) is 8. The Morgan fingerprint density at radius 3 is 2.59 bits per heavy atom. The highest BCUT2D eigenvalue weighted by Crippen LogP contribution is 2.36. The Bertz CT molecular complexity index is 1720. The number of nitrogens with one attached hydrogen (secondary N) is 1. The van der Waals surface area contributed by atoms with Gasteiger partial charge in [-0.25, -0.2) is 9.97 Å². The molecule has 0 radical (unpaired) electrons. The Kier molecular flexibility index (Phi) is 7.73. The second kappa shape index (κ2) is 11.6. The van der Waals surface area contributed by atoms with Crippen LogP contribution in [-0.4, -0.2) is 72.5 Å². The van der Waals surface area contributed by atoms with E-state index >= 15 is 0 Å². The summed E-state index contributed by atoms with van der Waals surface area (Å²) in [6, 6.07) is 11.6. The second-order valence-corrected chi connectivity index (χ2v) is 10.8. The van der Waals surface area contributed by atoms with Crippen LogP contribution < -0.4 is 20.5 Å². The maximum atomic E-state index is 13.5. The summed E-state index contributed by atoms with van der Waals surface area (Å²) in [5.74, 6) is 7.08. The Balaban J connectivity index is 1.33. The predicted molar refractivity (Wildman–Crippen MR) is 162 cm³/mol. The minimum Gasteiger partial charge on any atom is -0.495 e. The van der Waals surface area contributed by atoms with E-state index in [1.165, 1.54) is 30.3 Å². The first kappa shape index (κ1) is 27.4. The molecule has 2 fully saturated rings. The number of aromatic nitrogens is 3. The van der Waals surface area contributed by atoms with Gasteiger partial charge in [-0.15, -0.1) is 0 Å². The molecule has 4 heterocycles. The molecule has 1 N–H and O–H groups in total. The number of para-hydroxylation sites is 1. The Morgan fingerprint density at radius 1 is 1.12 bits per heavy atom. The summed E-state index contributed by atoms with van der Waals surface area (Å²) < 4.78 is 12.2. The van der Waals surface area contributed by atoms with Crippen molar-refractivity contribution in [2.75, 3.05) is 57.2 Å². The molecule has 0 atom stereocenters. The summed E-state index contributed by atoms with van der Waals surface area (Å²) in [5.41, 5.74) is 2.72. The fourth-order valence-electron chi connectivity index (χ4n) is 5.10. The number of benzene rings is 2. The minimum absolute atomic E-state index is 0.214. The maximum Gasteiger partial charge on any atom is 0.266 e. The zero-order valence-electron chi connectivity index (χ0n) is 22.7. The van der Waals surface area contributed by atoms with Crippen LogP contribution in [0.4, 0.5) is 17.3 Å². The van der Waals surface area contributed by atoms with E-state index in [-0.39, 0.29) is 17.6 Å². The lowest BCUT2D eigenvalue weighted by molar-refractivity contribution is 0.0975. The Hall–Kier alpha value is -3.81. The number of hydrogen-bond donors (Lipinski definition) is 1. The van der Waals surface area contributed by atoms with Gasteiger partial charge in [0.1, 0.15) is 12.4 Å². The number of ether oxygens (including phenoxy) is 2. The number of pyridine rings is 1.